The molecule has 33 heavy (non-hydrogen) atoms. The first-order valence-corrected chi connectivity index (χ1v) is 10.4. The van der Waals surface area contributed by atoms with Gasteiger partial charge in [0.1, 0.15) is 11.5 Å². The molecule has 0 fully saturated rings. The zero-order valence-corrected chi connectivity index (χ0v) is 18.2. The van der Waals surface area contributed by atoms with Gasteiger partial charge in [0, 0.05) is 36.8 Å². The summed E-state index contributed by atoms with van der Waals surface area (Å²) in [6.45, 7) is 2.22. The van der Waals surface area contributed by atoms with Crippen molar-refractivity contribution in [1.82, 2.24) is 16.0 Å². The molecule has 0 saturated heterocycles. The molecule has 2 aromatic rings. The standard InChI is InChI=1S/C22H27N3O8/c1-14-12-17(32-21(30)25-11-10-23-13-19(28)29)15-6-2-3-7-16(15)20(14)33-22(31)24-9-5-4-8-18(26)27/h2-3,6-7,12,23H,4-5,8-11,13H2,1H3,(H,24,31)(H,25,30)(H,26,27)(H,28,29). The van der Waals surface area contributed by atoms with Crippen LogP contribution in [0, 0.1) is 6.92 Å². The van der Waals surface area contributed by atoms with Crippen molar-refractivity contribution in [2.45, 2.75) is 26.2 Å². The molecule has 0 heterocycles. The van der Waals surface area contributed by atoms with Crippen LogP contribution in [0.1, 0.15) is 24.8 Å². The van der Waals surface area contributed by atoms with E-state index in [4.69, 9.17) is 19.7 Å². The van der Waals surface area contributed by atoms with E-state index < -0.39 is 24.1 Å². The molecule has 0 aliphatic rings. The maximum atomic E-state index is 12.2. The molecule has 0 aliphatic carbocycles. The molecule has 2 rings (SSSR count). The molecule has 11 heteroatoms. The number of ether oxygens (including phenoxy) is 2. The van der Waals surface area contributed by atoms with E-state index in [1.54, 1.807) is 37.3 Å². The van der Waals surface area contributed by atoms with E-state index in [1.165, 1.54) is 0 Å². The van der Waals surface area contributed by atoms with Crippen molar-refractivity contribution in [3.8, 4) is 11.5 Å². The van der Waals surface area contributed by atoms with Crippen molar-refractivity contribution in [2.24, 2.45) is 0 Å². The number of benzene rings is 2. The Morgan fingerprint density at radius 1 is 0.848 bits per heavy atom. The second-order valence-electron chi connectivity index (χ2n) is 7.12. The van der Waals surface area contributed by atoms with Crippen LogP contribution >= 0.6 is 0 Å². The minimum atomic E-state index is -0.992. The molecule has 0 aliphatic heterocycles. The lowest BCUT2D eigenvalue weighted by Crippen LogP contribution is -2.35. The first-order valence-electron chi connectivity index (χ1n) is 10.4. The van der Waals surface area contributed by atoms with Gasteiger partial charge in [-0.15, -0.1) is 0 Å². The second-order valence-corrected chi connectivity index (χ2v) is 7.12. The molecule has 11 nitrogen and oxygen atoms in total. The molecule has 0 radical (unpaired) electrons. The van der Waals surface area contributed by atoms with Gasteiger partial charge in [-0.25, -0.2) is 9.59 Å². The summed E-state index contributed by atoms with van der Waals surface area (Å²) in [5, 5.41) is 26.1. The lowest BCUT2D eigenvalue weighted by molar-refractivity contribution is -0.137. The Hall–Kier alpha value is -3.86. The number of carbonyl (C=O) groups excluding carboxylic acids is 2. The SMILES string of the molecule is Cc1cc(OC(=O)NCCNCC(=O)O)c2ccccc2c1OC(=O)NCCCCC(=O)O. The van der Waals surface area contributed by atoms with Gasteiger partial charge in [0.25, 0.3) is 0 Å². The molecule has 0 spiro atoms. The fourth-order valence-corrected chi connectivity index (χ4v) is 2.97. The van der Waals surface area contributed by atoms with Gasteiger partial charge in [-0.3, -0.25) is 9.59 Å². The number of unbranched alkanes of at least 4 members (excludes halogenated alkanes) is 1. The summed E-state index contributed by atoms with van der Waals surface area (Å²) >= 11 is 0. The number of carbonyl (C=O) groups is 4. The number of carboxylic acid groups (broad SMARTS) is 2. The normalized spacial score (nSPS) is 10.5. The predicted octanol–water partition coefficient (Wildman–Crippen LogP) is 2.25. The lowest BCUT2D eigenvalue weighted by Gasteiger charge is -2.15. The van der Waals surface area contributed by atoms with Gasteiger partial charge in [-0.2, -0.15) is 0 Å². The predicted molar refractivity (Wildman–Crippen MR) is 119 cm³/mol. The van der Waals surface area contributed by atoms with Crippen molar-refractivity contribution in [2.75, 3.05) is 26.2 Å². The monoisotopic (exact) mass is 461 g/mol. The minimum absolute atomic E-state index is 0.0361. The minimum Gasteiger partial charge on any atom is -0.481 e. The van der Waals surface area contributed by atoms with Crippen LogP contribution in [0.2, 0.25) is 0 Å². The number of amides is 2. The van der Waals surface area contributed by atoms with Crippen LogP contribution < -0.4 is 25.4 Å². The lowest BCUT2D eigenvalue weighted by atomic mass is 10.0. The molecule has 0 saturated carbocycles. The summed E-state index contributed by atoms with van der Waals surface area (Å²) in [6, 6.07) is 8.56. The Morgan fingerprint density at radius 3 is 2.21 bits per heavy atom. The van der Waals surface area contributed by atoms with E-state index in [-0.39, 0.29) is 38.3 Å². The van der Waals surface area contributed by atoms with Crippen LogP contribution in [0.15, 0.2) is 30.3 Å². The quantitative estimate of drug-likeness (QED) is 0.298. The highest BCUT2D eigenvalue weighted by Crippen LogP contribution is 2.36. The fraction of sp³-hybridized carbons (Fsp3) is 0.364. The zero-order chi connectivity index (χ0) is 24.2. The number of fused-ring (bicyclic) bond motifs is 1. The van der Waals surface area contributed by atoms with Crippen LogP contribution in [0.3, 0.4) is 0 Å². The maximum absolute atomic E-state index is 12.2. The zero-order valence-electron chi connectivity index (χ0n) is 18.2. The third-order valence-electron chi connectivity index (χ3n) is 4.47. The highest BCUT2D eigenvalue weighted by atomic mass is 16.6. The smallest absolute Gasteiger partial charge is 0.412 e. The molecule has 0 atom stereocenters. The molecule has 2 amide bonds. The fourth-order valence-electron chi connectivity index (χ4n) is 2.97. The average molecular weight is 461 g/mol. The summed E-state index contributed by atoms with van der Waals surface area (Å²) in [6.07, 6.45) is -0.381. The molecule has 5 N–H and O–H groups in total. The number of aliphatic carboxylic acids is 2. The highest BCUT2D eigenvalue weighted by Gasteiger charge is 2.16. The van der Waals surface area contributed by atoms with Crippen molar-refractivity contribution in [3.63, 3.8) is 0 Å². The Balaban J connectivity index is 2.00. The second kappa shape index (κ2) is 12.9. The van der Waals surface area contributed by atoms with Gasteiger partial charge in [0.05, 0.1) is 6.54 Å². The van der Waals surface area contributed by atoms with Crippen LogP contribution in [-0.4, -0.2) is 60.5 Å². The van der Waals surface area contributed by atoms with Gasteiger partial charge >= 0.3 is 24.1 Å². The van der Waals surface area contributed by atoms with E-state index in [0.717, 1.165) is 0 Å². The molecular weight excluding hydrogens is 434 g/mol. The third-order valence-corrected chi connectivity index (χ3v) is 4.47. The largest absolute Gasteiger partial charge is 0.481 e. The van der Waals surface area contributed by atoms with Gasteiger partial charge < -0.3 is 35.6 Å². The van der Waals surface area contributed by atoms with Crippen molar-refractivity contribution >= 4 is 34.9 Å². The molecular formula is C22H27N3O8. The molecule has 0 aromatic heterocycles. The van der Waals surface area contributed by atoms with Crippen LogP contribution in [-0.2, 0) is 9.59 Å². The van der Waals surface area contributed by atoms with Crippen LogP contribution in [0.25, 0.3) is 10.8 Å². The molecule has 2 aromatic carbocycles. The van der Waals surface area contributed by atoms with Gasteiger partial charge in [0.15, 0.2) is 0 Å². The summed E-state index contributed by atoms with van der Waals surface area (Å²) in [4.78, 5) is 45.3. The Morgan fingerprint density at radius 2 is 1.52 bits per heavy atom. The van der Waals surface area contributed by atoms with Gasteiger partial charge in [-0.1, -0.05) is 24.3 Å². The maximum Gasteiger partial charge on any atom is 0.412 e. The number of hydrogen-bond acceptors (Lipinski definition) is 7. The number of hydrogen-bond donors (Lipinski definition) is 5. The summed E-state index contributed by atoms with van der Waals surface area (Å²) in [7, 11) is 0. The Bertz CT molecular complexity index is 1010. The summed E-state index contributed by atoms with van der Waals surface area (Å²) in [5.41, 5.74) is 0.570. The first-order chi connectivity index (χ1) is 15.8. The van der Waals surface area contributed by atoms with Crippen LogP contribution in [0.5, 0.6) is 11.5 Å². The van der Waals surface area contributed by atoms with E-state index >= 15 is 0 Å². The molecule has 0 bridgehead atoms. The summed E-state index contributed by atoms with van der Waals surface area (Å²) in [5.74, 6) is -1.28. The van der Waals surface area contributed by atoms with Crippen LogP contribution in [0.4, 0.5) is 9.59 Å². The first kappa shape index (κ1) is 25.4. The molecule has 178 valence electrons. The Labute approximate surface area is 190 Å². The number of rotatable bonds is 12. The van der Waals surface area contributed by atoms with Gasteiger partial charge in [0.2, 0.25) is 0 Å². The number of nitrogens with one attached hydrogen (secondary N) is 3. The van der Waals surface area contributed by atoms with Gasteiger partial charge in [-0.05, 0) is 31.4 Å². The average Bonchev–Trinajstić information content (AvgIpc) is 2.75. The molecule has 0 unspecified atom stereocenters. The topological polar surface area (TPSA) is 163 Å². The Kier molecular flexibility index (Phi) is 9.90. The van der Waals surface area contributed by atoms with E-state index in [2.05, 4.69) is 16.0 Å². The number of aryl methyl sites for hydroxylation is 1. The van der Waals surface area contributed by atoms with Crippen molar-refractivity contribution in [3.05, 3.63) is 35.9 Å². The number of carboxylic acids is 2. The summed E-state index contributed by atoms with van der Waals surface area (Å²) < 4.78 is 10.9. The third kappa shape index (κ3) is 8.65. The van der Waals surface area contributed by atoms with Crippen molar-refractivity contribution < 1.29 is 38.9 Å². The van der Waals surface area contributed by atoms with E-state index in [0.29, 0.717) is 34.9 Å². The van der Waals surface area contributed by atoms with E-state index in [1.807, 2.05) is 0 Å². The van der Waals surface area contributed by atoms with Crippen molar-refractivity contribution in [1.29, 1.82) is 0 Å². The highest BCUT2D eigenvalue weighted by molar-refractivity contribution is 5.97. The van der Waals surface area contributed by atoms with E-state index in [9.17, 15) is 19.2 Å².